The van der Waals surface area contributed by atoms with Gasteiger partial charge in [-0.2, -0.15) is 3.71 Å². The molecule has 0 aliphatic rings. The maximum absolute atomic E-state index is 12.5. The zero-order valence-electron chi connectivity index (χ0n) is 16.8. The molecule has 0 N–H and O–H groups in total. The second kappa shape index (κ2) is 10.6. The Hall–Kier alpha value is -2.40. The fourth-order valence-corrected chi connectivity index (χ4v) is 6.28. The van der Waals surface area contributed by atoms with Crippen LogP contribution in [0.15, 0.2) is 48.5 Å². The molecule has 0 fully saturated rings. The maximum atomic E-state index is 12.5. The van der Waals surface area contributed by atoms with Crippen LogP contribution in [0.5, 0.6) is 0 Å². The summed E-state index contributed by atoms with van der Waals surface area (Å²) in [6.07, 6.45) is 1.34. The summed E-state index contributed by atoms with van der Waals surface area (Å²) in [5.74, 6) is 0. The van der Waals surface area contributed by atoms with E-state index in [2.05, 4.69) is 0 Å². The van der Waals surface area contributed by atoms with Crippen LogP contribution in [0.1, 0.15) is 19.4 Å². The van der Waals surface area contributed by atoms with Gasteiger partial charge in [0.2, 0.25) is 20.0 Å². The standard InChI is InChI=1S/C15H16N2O8PS2.C2H6/c1-27(21,22)17(28(2,23)24)13-8-9-14(16(18)19)15(10-13)26(20)25-11-12-6-4-3-5-7-12;1-2/h3-10H,11H2,1-2H3;1-2H3/q+1;. The molecule has 2 rings (SSSR count). The normalized spacial score (nSPS) is 11.8. The molecule has 1 atom stereocenters. The molecule has 0 aliphatic heterocycles. The number of hydrogen-bond donors (Lipinski definition) is 0. The predicted octanol–water partition coefficient (Wildman–Crippen LogP) is 2.93. The number of nitro groups is 1. The van der Waals surface area contributed by atoms with E-state index in [-0.39, 0.29) is 10.3 Å². The summed E-state index contributed by atoms with van der Waals surface area (Å²) >= 11 is 0. The molecule has 10 nitrogen and oxygen atoms in total. The van der Waals surface area contributed by atoms with Crippen LogP contribution in [-0.4, -0.2) is 34.3 Å². The average molecular weight is 477 g/mol. The summed E-state index contributed by atoms with van der Waals surface area (Å²) in [7, 11) is -11.3. The Morgan fingerprint density at radius 1 is 1.00 bits per heavy atom. The van der Waals surface area contributed by atoms with E-state index in [9.17, 15) is 31.5 Å². The van der Waals surface area contributed by atoms with Crippen molar-refractivity contribution in [2.24, 2.45) is 0 Å². The average Bonchev–Trinajstić information content (AvgIpc) is 2.66. The lowest BCUT2D eigenvalue weighted by Crippen LogP contribution is -2.35. The van der Waals surface area contributed by atoms with E-state index in [4.69, 9.17) is 4.52 Å². The summed E-state index contributed by atoms with van der Waals surface area (Å²) in [6, 6.07) is 11.3. The molecule has 0 heterocycles. The van der Waals surface area contributed by atoms with E-state index < -0.39 is 49.7 Å². The predicted molar refractivity (Wildman–Crippen MR) is 115 cm³/mol. The molecule has 0 radical (unpaired) electrons. The van der Waals surface area contributed by atoms with Crippen LogP contribution < -0.4 is 9.02 Å². The van der Waals surface area contributed by atoms with Crippen LogP contribution in [-0.2, 0) is 35.7 Å². The quantitative estimate of drug-likeness (QED) is 0.321. The molecule has 0 spiro atoms. The molecular weight excluding hydrogens is 455 g/mol. The second-order valence-corrected chi connectivity index (χ2v) is 10.8. The first kappa shape index (κ1) is 25.6. The zero-order chi connectivity index (χ0) is 23.1. The highest BCUT2D eigenvalue weighted by Gasteiger charge is 2.37. The fourth-order valence-electron chi connectivity index (χ4n) is 2.33. The van der Waals surface area contributed by atoms with E-state index in [0.29, 0.717) is 18.1 Å². The van der Waals surface area contributed by atoms with Crippen molar-refractivity contribution in [3.05, 3.63) is 64.2 Å². The van der Waals surface area contributed by atoms with Crippen LogP contribution in [0.4, 0.5) is 11.4 Å². The van der Waals surface area contributed by atoms with Crippen molar-refractivity contribution in [2.45, 2.75) is 20.5 Å². The van der Waals surface area contributed by atoms with Crippen LogP contribution in [0, 0.1) is 10.1 Å². The highest BCUT2D eigenvalue weighted by Crippen LogP contribution is 2.32. The van der Waals surface area contributed by atoms with Crippen molar-refractivity contribution in [1.29, 1.82) is 0 Å². The first-order valence-corrected chi connectivity index (χ1v) is 13.4. The van der Waals surface area contributed by atoms with Crippen LogP contribution in [0.3, 0.4) is 0 Å². The minimum Gasteiger partial charge on any atom is -0.258 e. The van der Waals surface area contributed by atoms with Crippen LogP contribution >= 0.6 is 8.03 Å². The van der Waals surface area contributed by atoms with Gasteiger partial charge in [0.1, 0.15) is 6.61 Å². The van der Waals surface area contributed by atoms with Crippen LogP contribution in [0.25, 0.3) is 0 Å². The Bertz CT molecular complexity index is 1090. The van der Waals surface area contributed by atoms with Gasteiger partial charge in [-0.3, -0.25) is 10.1 Å². The summed E-state index contributed by atoms with van der Waals surface area (Å²) in [5, 5.41) is 10.8. The van der Waals surface area contributed by atoms with E-state index in [1.54, 1.807) is 30.3 Å². The third kappa shape index (κ3) is 6.84. The first-order valence-electron chi connectivity index (χ1n) is 8.54. The Morgan fingerprint density at radius 2 is 1.53 bits per heavy atom. The van der Waals surface area contributed by atoms with Gasteiger partial charge in [-0.25, -0.2) is 16.8 Å². The second-order valence-electron chi connectivity index (χ2n) is 5.67. The van der Waals surface area contributed by atoms with E-state index >= 15 is 0 Å². The van der Waals surface area contributed by atoms with Crippen molar-refractivity contribution in [3.63, 3.8) is 0 Å². The molecule has 0 aromatic heterocycles. The number of hydrogen-bond acceptors (Lipinski definition) is 8. The molecule has 164 valence electrons. The lowest BCUT2D eigenvalue weighted by atomic mass is 10.2. The third-order valence-electron chi connectivity index (χ3n) is 3.36. The molecule has 30 heavy (non-hydrogen) atoms. The van der Waals surface area contributed by atoms with Gasteiger partial charge in [-0.15, -0.1) is 4.52 Å². The summed E-state index contributed by atoms with van der Waals surface area (Å²) < 4.78 is 65.4. The molecule has 2 aromatic rings. The van der Waals surface area contributed by atoms with E-state index in [1.165, 1.54) is 0 Å². The van der Waals surface area contributed by atoms with Gasteiger partial charge in [0.05, 0.1) is 23.1 Å². The Morgan fingerprint density at radius 3 is 2.00 bits per heavy atom. The van der Waals surface area contributed by atoms with Crippen molar-refractivity contribution in [2.75, 3.05) is 16.2 Å². The monoisotopic (exact) mass is 477 g/mol. The first-order chi connectivity index (χ1) is 13.9. The van der Waals surface area contributed by atoms with Crippen LogP contribution in [0.2, 0.25) is 0 Å². The van der Waals surface area contributed by atoms with Crippen molar-refractivity contribution in [3.8, 4) is 0 Å². The smallest absolute Gasteiger partial charge is 0.258 e. The molecule has 0 saturated heterocycles. The number of sulfonamides is 2. The van der Waals surface area contributed by atoms with Crippen molar-refractivity contribution < 1.29 is 30.8 Å². The minimum atomic E-state index is -4.27. The maximum Gasteiger partial charge on any atom is 0.556 e. The lowest BCUT2D eigenvalue weighted by molar-refractivity contribution is -0.383. The largest absolute Gasteiger partial charge is 0.556 e. The van der Waals surface area contributed by atoms with Crippen molar-refractivity contribution in [1.82, 2.24) is 0 Å². The molecule has 0 saturated carbocycles. The van der Waals surface area contributed by atoms with Gasteiger partial charge in [0.25, 0.3) is 0 Å². The molecule has 1 unspecified atom stereocenters. The molecule has 0 amide bonds. The van der Waals surface area contributed by atoms with Crippen molar-refractivity contribution >= 4 is 44.8 Å². The van der Waals surface area contributed by atoms with Gasteiger partial charge < -0.3 is 0 Å². The summed E-state index contributed by atoms with van der Waals surface area (Å²) in [4.78, 5) is 10.4. The third-order valence-corrected chi connectivity index (χ3v) is 7.72. The molecule has 13 heteroatoms. The fraction of sp³-hybridized carbons (Fsp3) is 0.294. The summed E-state index contributed by atoms with van der Waals surface area (Å²) in [6.45, 7) is 3.89. The van der Waals surface area contributed by atoms with Gasteiger partial charge >= 0.3 is 19.0 Å². The zero-order valence-corrected chi connectivity index (χ0v) is 19.3. The number of nitro benzene ring substituents is 1. The minimum absolute atomic E-state index is 0.105. The van der Waals surface area contributed by atoms with Gasteiger partial charge in [0.15, 0.2) is 0 Å². The SMILES string of the molecule is CC.CS(=O)(=O)N(c1ccc([N+](=O)[O-])c([P+](=O)OCc2ccccc2)c1)S(C)(=O)=O. The lowest BCUT2D eigenvalue weighted by Gasteiger charge is -2.19. The molecular formula is C17H22N2O8PS2+. The summed E-state index contributed by atoms with van der Waals surface area (Å²) in [5.41, 5.74) is -0.323. The number of benzene rings is 2. The van der Waals surface area contributed by atoms with Gasteiger partial charge in [0, 0.05) is 12.1 Å². The number of rotatable bonds is 8. The molecule has 0 bridgehead atoms. The Kier molecular flexibility index (Phi) is 9.04. The van der Waals surface area contributed by atoms with E-state index in [0.717, 1.165) is 18.2 Å². The topological polar surface area (TPSA) is 141 Å². The number of anilines is 1. The Labute approximate surface area is 176 Å². The van der Waals surface area contributed by atoms with E-state index in [1.807, 2.05) is 13.8 Å². The van der Waals surface area contributed by atoms with Gasteiger partial charge in [-0.05, 0) is 16.2 Å². The highest BCUT2D eigenvalue weighted by atomic mass is 32.3. The highest BCUT2D eigenvalue weighted by molar-refractivity contribution is 8.09. The van der Waals surface area contributed by atoms with Gasteiger partial charge in [-0.1, -0.05) is 44.2 Å². The number of nitrogens with zero attached hydrogens (tertiary/aromatic N) is 2. The molecule has 0 aliphatic carbocycles. The molecule has 2 aromatic carbocycles. The Balaban J connectivity index is 0.00000218.